The summed E-state index contributed by atoms with van der Waals surface area (Å²) in [5, 5.41) is 5.61. The minimum Gasteiger partial charge on any atom is -0.309 e. The zero-order valence-corrected chi connectivity index (χ0v) is 12.2. The van der Waals surface area contributed by atoms with Crippen molar-refractivity contribution in [3.63, 3.8) is 0 Å². The predicted octanol–water partition coefficient (Wildman–Crippen LogP) is 4.60. The third kappa shape index (κ3) is 2.43. The second kappa shape index (κ2) is 5.66. The highest BCUT2D eigenvalue weighted by atomic mass is 19.1. The molecule has 0 spiro atoms. The summed E-state index contributed by atoms with van der Waals surface area (Å²) in [5.74, 6) is -0.177. The minimum absolute atomic E-state index is 0.155. The van der Waals surface area contributed by atoms with Gasteiger partial charge in [-0.2, -0.15) is 0 Å². The lowest BCUT2D eigenvalue weighted by molar-refractivity contribution is 0.576. The number of nitrogens with one attached hydrogen (secondary N) is 1. The lowest BCUT2D eigenvalue weighted by atomic mass is 9.90. The molecule has 3 aromatic rings. The van der Waals surface area contributed by atoms with Gasteiger partial charge in [-0.1, -0.05) is 54.6 Å². The van der Waals surface area contributed by atoms with Crippen molar-refractivity contribution in [2.75, 3.05) is 7.05 Å². The molecule has 1 unspecified atom stereocenters. The monoisotopic (exact) mass is 279 g/mol. The molecule has 0 heterocycles. The Kier molecular flexibility index (Phi) is 3.72. The van der Waals surface area contributed by atoms with Crippen molar-refractivity contribution in [1.29, 1.82) is 0 Å². The first-order chi connectivity index (χ1) is 10.2. The number of halogens is 1. The van der Waals surface area contributed by atoms with Crippen LogP contribution >= 0.6 is 0 Å². The normalized spacial score (nSPS) is 12.5. The van der Waals surface area contributed by atoms with Crippen molar-refractivity contribution in [3.05, 3.63) is 83.2 Å². The SMILES string of the molecule is CNC(c1ccccc1F)c1c(C)ccc2ccccc12. The first-order valence-corrected chi connectivity index (χ1v) is 7.12. The van der Waals surface area contributed by atoms with Gasteiger partial charge in [0.15, 0.2) is 0 Å². The Bertz CT molecular complexity index is 779. The fourth-order valence-electron chi connectivity index (χ4n) is 2.95. The number of fused-ring (bicyclic) bond motifs is 1. The topological polar surface area (TPSA) is 12.0 Å². The molecule has 0 aliphatic carbocycles. The first-order valence-electron chi connectivity index (χ1n) is 7.12. The standard InChI is InChI=1S/C19H18FN/c1-13-11-12-14-7-3-4-8-15(14)18(13)19(21-2)16-9-5-6-10-17(16)20/h3-12,19,21H,1-2H3. The molecule has 1 N–H and O–H groups in total. The van der Waals surface area contributed by atoms with E-state index in [2.05, 4.69) is 36.5 Å². The maximum Gasteiger partial charge on any atom is 0.128 e. The summed E-state index contributed by atoms with van der Waals surface area (Å²) < 4.78 is 14.2. The van der Waals surface area contributed by atoms with E-state index in [9.17, 15) is 4.39 Å². The van der Waals surface area contributed by atoms with Crippen molar-refractivity contribution < 1.29 is 4.39 Å². The Labute approximate surface area is 124 Å². The number of benzene rings is 3. The van der Waals surface area contributed by atoms with Crippen LogP contribution < -0.4 is 5.32 Å². The van der Waals surface area contributed by atoms with Gasteiger partial charge in [0.1, 0.15) is 5.82 Å². The van der Waals surface area contributed by atoms with Crippen LogP contribution in [0.4, 0.5) is 4.39 Å². The van der Waals surface area contributed by atoms with E-state index in [0.29, 0.717) is 5.56 Å². The molecule has 3 aromatic carbocycles. The van der Waals surface area contributed by atoms with Crippen LogP contribution in [0.25, 0.3) is 10.8 Å². The van der Waals surface area contributed by atoms with Gasteiger partial charge >= 0.3 is 0 Å². The molecule has 0 aliphatic heterocycles. The Balaban J connectivity index is 2.27. The second-order valence-electron chi connectivity index (χ2n) is 5.26. The Hall–Kier alpha value is -2.19. The van der Waals surface area contributed by atoms with Gasteiger partial charge in [-0.05, 0) is 41.9 Å². The van der Waals surface area contributed by atoms with E-state index in [1.165, 1.54) is 16.8 Å². The molecule has 0 saturated carbocycles. The highest BCUT2D eigenvalue weighted by molar-refractivity contribution is 5.87. The highest BCUT2D eigenvalue weighted by Gasteiger charge is 2.19. The summed E-state index contributed by atoms with van der Waals surface area (Å²) in [6.07, 6.45) is 0. The fourth-order valence-corrected chi connectivity index (χ4v) is 2.95. The quantitative estimate of drug-likeness (QED) is 0.739. The number of aryl methyl sites for hydroxylation is 1. The third-order valence-corrected chi connectivity index (χ3v) is 3.98. The average molecular weight is 279 g/mol. The van der Waals surface area contributed by atoms with Crippen LogP contribution in [0.5, 0.6) is 0 Å². The first kappa shape index (κ1) is 13.8. The molecule has 0 radical (unpaired) electrons. The molecule has 1 atom stereocenters. The predicted molar refractivity (Wildman–Crippen MR) is 86.0 cm³/mol. The van der Waals surface area contributed by atoms with E-state index in [-0.39, 0.29) is 11.9 Å². The van der Waals surface area contributed by atoms with Crippen LogP contribution in [-0.2, 0) is 0 Å². The summed E-state index contributed by atoms with van der Waals surface area (Å²) in [6.45, 7) is 2.08. The smallest absolute Gasteiger partial charge is 0.128 e. The third-order valence-electron chi connectivity index (χ3n) is 3.98. The number of hydrogen-bond acceptors (Lipinski definition) is 1. The van der Waals surface area contributed by atoms with E-state index in [4.69, 9.17) is 0 Å². The van der Waals surface area contributed by atoms with Crippen molar-refractivity contribution in [3.8, 4) is 0 Å². The molecule has 21 heavy (non-hydrogen) atoms. The molecule has 0 saturated heterocycles. The van der Waals surface area contributed by atoms with Gasteiger partial charge in [0.05, 0.1) is 6.04 Å². The Morgan fingerprint density at radius 2 is 1.62 bits per heavy atom. The molecule has 0 bridgehead atoms. The lowest BCUT2D eigenvalue weighted by Gasteiger charge is -2.22. The average Bonchev–Trinajstić information content (AvgIpc) is 2.51. The number of hydrogen-bond donors (Lipinski definition) is 1. The van der Waals surface area contributed by atoms with E-state index in [0.717, 1.165) is 11.1 Å². The molecule has 1 nitrogen and oxygen atoms in total. The van der Waals surface area contributed by atoms with Crippen molar-refractivity contribution in [1.82, 2.24) is 5.32 Å². The van der Waals surface area contributed by atoms with Crippen molar-refractivity contribution in [2.24, 2.45) is 0 Å². The van der Waals surface area contributed by atoms with Crippen LogP contribution in [0, 0.1) is 12.7 Å². The zero-order valence-electron chi connectivity index (χ0n) is 12.2. The molecule has 0 amide bonds. The molecule has 0 aromatic heterocycles. The molecule has 2 heteroatoms. The summed E-state index contributed by atoms with van der Waals surface area (Å²) in [5.41, 5.74) is 2.98. The summed E-state index contributed by atoms with van der Waals surface area (Å²) in [6, 6.07) is 19.3. The van der Waals surface area contributed by atoms with Crippen LogP contribution in [-0.4, -0.2) is 7.05 Å². The van der Waals surface area contributed by atoms with Gasteiger partial charge in [0.2, 0.25) is 0 Å². The fraction of sp³-hybridized carbons (Fsp3) is 0.158. The molecule has 3 rings (SSSR count). The molecule has 106 valence electrons. The second-order valence-corrected chi connectivity index (χ2v) is 5.26. The van der Waals surface area contributed by atoms with Gasteiger partial charge in [-0.3, -0.25) is 0 Å². The maximum absolute atomic E-state index is 14.2. The van der Waals surface area contributed by atoms with Crippen molar-refractivity contribution in [2.45, 2.75) is 13.0 Å². The van der Waals surface area contributed by atoms with Gasteiger partial charge in [0.25, 0.3) is 0 Å². The van der Waals surface area contributed by atoms with Crippen LogP contribution in [0.1, 0.15) is 22.7 Å². The van der Waals surface area contributed by atoms with Crippen molar-refractivity contribution >= 4 is 10.8 Å². The van der Waals surface area contributed by atoms with Gasteiger partial charge in [-0.25, -0.2) is 4.39 Å². The van der Waals surface area contributed by atoms with E-state index in [1.807, 2.05) is 31.3 Å². The summed E-state index contributed by atoms with van der Waals surface area (Å²) in [4.78, 5) is 0. The zero-order chi connectivity index (χ0) is 14.8. The van der Waals surface area contributed by atoms with Gasteiger partial charge in [-0.15, -0.1) is 0 Å². The Morgan fingerprint density at radius 3 is 2.38 bits per heavy atom. The Morgan fingerprint density at radius 1 is 0.905 bits per heavy atom. The van der Waals surface area contributed by atoms with Gasteiger partial charge in [0, 0.05) is 5.56 Å². The lowest BCUT2D eigenvalue weighted by Crippen LogP contribution is -2.20. The minimum atomic E-state index is -0.177. The molecule has 0 aliphatic rings. The highest BCUT2D eigenvalue weighted by Crippen LogP contribution is 2.32. The number of rotatable bonds is 3. The summed E-state index contributed by atoms with van der Waals surface area (Å²) in [7, 11) is 1.87. The molecular weight excluding hydrogens is 261 g/mol. The molecular formula is C19H18FN. The van der Waals surface area contributed by atoms with E-state index < -0.39 is 0 Å². The molecule has 0 fully saturated rings. The largest absolute Gasteiger partial charge is 0.309 e. The maximum atomic E-state index is 14.2. The van der Waals surface area contributed by atoms with E-state index in [1.54, 1.807) is 6.07 Å². The van der Waals surface area contributed by atoms with Gasteiger partial charge < -0.3 is 5.32 Å². The van der Waals surface area contributed by atoms with E-state index >= 15 is 0 Å². The van der Waals surface area contributed by atoms with Crippen LogP contribution in [0.2, 0.25) is 0 Å². The van der Waals surface area contributed by atoms with Crippen LogP contribution in [0.3, 0.4) is 0 Å². The summed E-state index contributed by atoms with van der Waals surface area (Å²) >= 11 is 0. The van der Waals surface area contributed by atoms with Crippen LogP contribution in [0.15, 0.2) is 60.7 Å².